The highest BCUT2D eigenvalue weighted by molar-refractivity contribution is 8.13. The Morgan fingerprint density at radius 2 is 1.81 bits per heavy atom. The molecular weight excluding hydrogens is 220 g/mol. The van der Waals surface area contributed by atoms with E-state index in [0.29, 0.717) is 6.61 Å². The Kier molecular flexibility index (Phi) is 4.42. The average molecular weight is 238 g/mol. The third-order valence-corrected chi connectivity index (χ3v) is 2.98. The molecule has 1 aromatic rings. The molecule has 1 rings (SSSR count). The fourth-order valence-corrected chi connectivity index (χ4v) is 1.91. The van der Waals surface area contributed by atoms with Crippen LogP contribution in [0.2, 0.25) is 0 Å². The van der Waals surface area contributed by atoms with E-state index in [1.807, 2.05) is 12.1 Å². The van der Waals surface area contributed by atoms with Gasteiger partial charge >= 0.3 is 5.30 Å². The van der Waals surface area contributed by atoms with Crippen LogP contribution in [-0.2, 0) is 10.2 Å². The molecule has 0 amide bonds. The summed E-state index contributed by atoms with van der Waals surface area (Å²) >= 11 is 1.13. The molecule has 0 aromatic heterocycles. The van der Waals surface area contributed by atoms with Crippen molar-refractivity contribution in [1.82, 2.24) is 0 Å². The van der Waals surface area contributed by atoms with Crippen molar-refractivity contribution in [3.05, 3.63) is 29.8 Å². The molecule has 0 spiro atoms. The fraction of sp³-hybridized carbons (Fsp3) is 0.462. The molecule has 0 bridgehead atoms. The summed E-state index contributed by atoms with van der Waals surface area (Å²) in [7, 11) is 0. The van der Waals surface area contributed by atoms with E-state index in [2.05, 4.69) is 32.9 Å². The average Bonchev–Trinajstić information content (AvgIpc) is 2.17. The van der Waals surface area contributed by atoms with Crippen molar-refractivity contribution in [1.29, 1.82) is 0 Å². The highest BCUT2D eigenvalue weighted by atomic mass is 32.2. The molecule has 0 aliphatic heterocycles. The molecule has 0 saturated carbocycles. The number of benzene rings is 1. The second-order valence-corrected chi connectivity index (χ2v) is 5.57. The predicted octanol–water partition coefficient (Wildman–Crippen LogP) is 4.23. The summed E-state index contributed by atoms with van der Waals surface area (Å²) in [5.74, 6) is 0. The van der Waals surface area contributed by atoms with Gasteiger partial charge in [-0.05, 0) is 41.8 Å². The zero-order valence-electron chi connectivity index (χ0n) is 10.2. The van der Waals surface area contributed by atoms with Gasteiger partial charge in [0, 0.05) is 4.90 Å². The summed E-state index contributed by atoms with van der Waals surface area (Å²) in [6.45, 7) is 8.73. The molecule has 2 nitrogen and oxygen atoms in total. The Balaban J connectivity index is 2.69. The minimum Gasteiger partial charge on any atom is -0.458 e. The zero-order chi connectivity index (χ0) is 12.2. The lowest BCUT2D eigenvalue weighted by molar-refractivity contribution is 0.181. The van der Waals surface area contributed by atoms with Crippen molar-refractivity contribution < 1.29 is 9.53 Å². The molecule has 0 unspecified atom stereocenters. The smallest absolute Gasteiger partial charge is 0.372 e. The first-order valence-electron chi connectivity index (χ1n) is 5.38. The third kappa shape index (κ3) is 3.89. The molecule has 0 saturated heterocycles. The maximum Gasteiger partial charge on any atom is 0.372 e. The van der Waals surface area contributed by atoms with Gasteiger partial charge in [0.1, 0.15) is 0 Å². The lowest BCUT2D eigenvalue weighted by atomic mass is 9.87. The van der Waals surface area contributed by atoms with Crippen molar-refractivity contribution >= 4 is 17.1 Å². The van der Waals surface area contributed by atoms with E-state index in [0.717, 1.165) is 16.7 Å². The van der Waals surface area contributed by atoms with Crippen LogP contribution in [0.5, 0.6) is 0 Å². The first-order valence-corrected chi connectivity index (χ1v) is 6.20. The number of hydrogen-bond acceptors (Lipinski definition) is 3. The normalized spacial score (nSPS) is 11.2. The zero-order valence-corrected chi connectivity index (χ0v) is 11.1. The number of hydrogen-bond donors (Lipinski definition) is 0. The van der Waals surface area contributed by atoms with Gasteiger partial charge in [-0.2, -0.15) is 0 Å². The largest absolute Gasteiger partial charge is 0.458 e. The minimum absolute atomic E-state index is 0.146. The topological polar surface area (TPSA) is 26.3 Å². The van der Waals surface area contributed by atoms with E-state index in [1.165, 1.54) is 5.56 Å². The van der Waals surface area contributed by atoms with Gasteiger partial charge < -0.3 is 4.74 Å². The van der Waals surface area contributed by atoms with Crippen LogP contribution in [0, 0.1) is 0 Å². The molecule has 1 aromatic carbocycles. The molecule has 0 radical (unpaired) electrons. The number of carbonyl (C=O) groups is 1. The van der Waals surface area contributed by atoms with Gasteiger partial charge in [0.05, 0.1) is 6.61 Å². The number of thioether (sulfide) groups is 1. The Morgan fingerprint density at radius 3 is 2.25 bits per heavy atom. The molecule has 0 aliphatic carbocycles. The minimum atomic E-state index is -0.244. The van der Waals surface area contributed by atoms with Crippen molar-refractivity contribution in [3.8, 4) is 0 Å². The summed E-state index contributed by atoms with van der Waals surface area (Å²) in [5.41, 5.74) is 1.41. The summed E-state index contributed by atoms with van der Waals surface area (Å²) in [4.78, 5) is 12.2. The molecule has 0 aliphatic rings. The molecule has 88 valence electrons. The van der Waals surface area contributed by atoms with Crippen LogP contribution in [0.1, 0.15) is 33.3 Å². The lowest BCUT2D eigenvalue weighted by Crippen LogP contribution is -2.10. The lowest BCUT2D eigenvalue weighted by Gasteiger charge is -2.18. The van der Waals surface area contributed by atoms with E-state index in [1.54, 1.807) is 6.92 Å². The predicted molar refractivity (Wildman–Crippen MR) is 68.0 cm³/mol. The second-order valence-electron chi connectivity index (χ2n) is 4.56. The molecular formula is C13H18O2S. The maximum atomic E-state index is 11.2. The molecule has 0 atom stereocenters. The highest BCUT2D eigenvalue weighted by Gasteiger charge is 2.13. The Morgan fingerprint density at radius 1 is 1.25 bits per heavy atom. The Labute approximate surface area is 101 Å². The van der Waals surface area contributed by atoms with Crippen LogP contribution in [0.3, 0.4) is 0 Å². The van der Waals surface area contributed by atoms with E-state index in [9.17, 15) is 4.79 Å². The fourth-order valence-electron chi connectivity index (χ4n) is 1.27. The second kappa shape index (κ2) is 5.39. The first kappa shape index (κ1) is 13.1. The Bertz CT molecular complexity index is 349. The molecule has 16 heavy (non-hydrogen) atoms. The van der Waals surface area contributed by atoms with Gasteiger partial charge in [-0.15, -0.1) is 0 Å². The van der Waals surface area contributed by atoms with Crippen molar-refractivity contribution in [2.24, 2.45) is 0 Å². The monoisotopic (exact) mass is 238 g/mol. The van der Waals surface area contributed by atoms with Gasteiger partial charge in [-0.3, -0.25) is 0 Å². The highest BCUT2D eigenvalue weighted by Crippen LogP contribution is 2.26. The number of rotatable bonds is 2. The Hall–Kier alpha value is -0.960. The molecule has 0 heterocycles. The maximum absolute atomic E-state index is 11.2. The van der Waals surface area contributed by atoms with Crippen molar-refractivity contribution in [2.75, 3.05) is 6.61 Å². The standard InChI is InChI=1S/C13H18O2S/c1-5-15-12(14)16-11-8-6-10(7-9-11)13(2,3)4/h6-9H,5H2,1-4H3. The van der Waals surface area contributed by atoms with Crippen LogP contribution >= 0.6 is 11.8 Å². The number of ether oxygens (including phenoxy) is 1. The summed E-state index contributed by atoms with van der Waals surface area (Å²) in [6.07, 6.45) is 0. The van der Waals surface area contributed by atoms with Crippen LogP contribution in [0.25, 0.3) is 0 Å². The van der Waals surface area contributed by atoms with Crippen molar-refractivity contribution in [2.45, 2.75) is 38.0 Å². The summed E-state index contributed by atoms with van der Waals surface area (Å²) in [6, 6.07) is 8.04. The van der Waals surface area contributed by atoms with Gasteiger partial charge in [0.2, 0.25) is 0 Å². The van der Waals surface area contributed by atoms with Gasteiger partial charge in [0.25, 0.3) is 0 Å². The van der Waals surface area contributed by atoms with Crippen LogP contribution in [-0.4, -0.2) is 11.9 Å². The van der Waals surface area contributed by atoms with Gasteiger partial charge in [-0.25, -0.2) is 4.79 Å². The SMILES string of the molecule is CCOC(=O)Sc1ccc(C(C)(C)C)cc1. The van der Waals surface area contributed by atoms with Gasteiger partial charge in [0.15, 0.2) is 0 Å². The molecule has 3 heteroatoms. The van der Waals surface area contributed by atoms with E-state index >= 15 is 0 Å². The van der Waals surface area contributed by atoms with Crippen molar-refractivity contribution in [3.63, 3.8) is 0 Å². The van der Waals surface area contributed by atoms with Gasteiger partial charge in [-0.1, -0.05) is 32.9 Å². The quantitative estimate of drug-likeness (QED) is 0.569. The molecule has 0 fully saturated rings. The van der Waals surface area contributed by atoms with Crippen LogP contribution in [0.4, 0.5) is 4.79 Å². The first-order chi connectivity index (χ1) is 7.43. The van der Waals surface area contributed by atoms with Crippen LogP contribution in [0.15, 0.2) is 29.2 Å². The van der Waals surface area contributed by atoms with Crippen LogP contribution < -0.4 is 0 Å². The third-order valence-electron chi connectivity index (χ3n) is 2.18. The summed E-state index contributed by atoms with van der Waals surface area (Å²) in [5, 5.41) is -0.244. The molecule has 0 N–H and O–H groups in total. The number of carbonyl (C=O) groups excluding carboxylic acids is 1. The summed E-state index contributed by atoms with van der Waals surface area (Å²) < 4.78 is 4.87. The van der Waals surface area contributed by atoms with E-state index in [-0.39, 0.29) is 10.7 Å². The van der Waals surface area contributed by atoms with E-state index < -0.39 is 0 Å². The van der Waals surface area contributed by atoms with E-state index in [4.69, 9.17) is 4.74 Å².